The SMILES string of the molecule is CC(C)(CCBr)NC(=O)c1cc(F)ccc1[N+](=O)[O-]. The van der Waals surface area contributed by atoms with E-state index in [1.54, 1.807) is 13.8 Å². The molecule has 1 aromatic rings. The fourth-order valence-corrected chi connectivity index (χ4v) is 2.51. The molecule has 0 unspecified atom stereocenters. The third kappa shape index (κ3) is 4.27. The Morgan fingerprint density at radius 3 is 2.68 bits per heavy atom. The summed E-state index contributed by atoms with van der Waals surface area (Å²) in [5.41, 5.74) is -1.22. The van der Waals surface area contributed by atoms with Gasteiger partial charge in [0.2, 0.25) is 0 Å². The fourth-order valence-electron chi connectivity index (χ4n) is 1.52. The second-order valence-corrected chi connectivity index (χ2v) is 5.49. The molecule has 0 spiro atoms. The van der Waals surface area contributed by atoms with Gasteiger partial charge in [0.05, 0.1) is 4.92 Å². The maximum atomic E-state index is 13.1. The predicted molar refractivity (Wildman–Crippen MR) is 73.0 cm³/mol. The monoisotopic (exact) mass is 332 g/mol. The van der Waals surface area contributed by atoms with Crippen molar-refractivity contribution in [3.63, 3.8) is 0 Å². The largest absolute Gasteiger partial charge is 0.347 e. The van der Waals surface area contributed by atoms with Gasteiger partial charge in [-0.3, -0.25) is 14.9 Å². The van der Waals surface area contributed by atoms with Crippen molar-refractivity contribution in [2.45, 2.75) is 25.8 Å². The van der Waals surface area contributed by atoms with Crippen LogP contribution >= 0.6 is 15.9 Å². The summed E-state index contributed by atoms with van der Waals surface area (Å²) in [6.07, 6.45) is 0.641. The van der Waals surface area contributed by atoms with Crippen LogP contribution in [-0.2, 0) is 0 Å². The second-order valence-electron chi connectivity index (χ2n) is 4.70. The molecule has 104 valence electrons. The Hall–Kier alpha value is -1.50. The topological polar surface area (TPSA) is 72.2 Å². The molecule has 0 atom stereocenters. The highest BCUT2D eigenvalue weighted by Crippen LogP contribution is 2.21. The smallest absolute Gasteiger partial charge is 0.282 e. The van der Waals surface area contributed by atoms with Gasteiger partial charge in [-0.2, -0.15) is 0 Å². The van der Waals surface area contributed by atoms with E-state index in [2.05, 4.69) is 21.2 Å². The van der Waals surface area contributed by atoms with Crippen molar-refractivity contribution in [3.8, 4) is 0 Å². The lowest BCUT2D eigenvalue weighted by atomic mass is 10.0. The number of halogens is 2. The van der Waals surface area contributed by atoms with Crippen LogP contribution in [0.5, 0.6) is 0 Å². The number of rotatable bonds is 5. The van der Waals surface area contributed by atoms with Crippen LogP contribution in [-0.4, -0.2) is 21.7 Å². The molecule has 7 heteroatoms. The van der Waals surface area contributed by atoms with Gasteiger partial charge in [0.1, 0.15) is 11.4 Å². The van der Waals surface area contributed by atoms with Crippen LogP contribution in [0.1, 0.15) is 30.6 Å². The van der Waals surface area contributed by atoms with E-state index in [9.17, 15) is 19.3 Å². The Morgan fingerprint density at radius 2 is 2.16 bits per heavy atom. The summed E-state index contributed by atoms with van der Waals surface area (Å²) in [5, 5.41) is 14.2. The van der Waals surface area contributed by atoms with Crippen LogP contribution in [0.15, 0.2) is 18.2 Å². The highest BCUT2D eigenvalue weighted by atomic mass is 79.9. The van der Waals surface area contributed by atoms with Crippen LogP contribution in [0.3, 0.4) is 0 Å². The van der Waals surface area contributed by atoms with Crippen LogP contribution in [0.2, 0.25) is 0 Å². The molecule has 0 aliphatic rings. The van der Waals surface area contributed by atoms with Crippen molar-refractivity contribution in [1.29, 1.82) is 0 Å². The molecule has 0 saturated carbocycles. The molecular formula is C12H14BrFN2O3. The van der Waals surface area contributed by atoms with Gasteiger partial charge >= 0.3 is 0 Å². The van der Waals surface area contributed by atoms with Crippen molar-refractivity contribution in [2.75, 3.05) is 5.33 Å². The maximum absolute atomic E-state index is 13.1. The van der Waals surface area contributed by atoms with Gasteiger partial charge in [-0.05, 0) is 32.4 Å². The van der Waals surface area contributed by atoms with Crippen molar-refractivity contribution in [2.24, 2.45) is 0 Å². The summed E-state index contributed by atoms with van der Waals surface area (Å²) < 4.78 is 13.1. The molecular weight excluding hydrogens is 319 g/mol. The minimum Gasteiger partial charge on any atom is -0.347 e. The van der Waals surface area contributed by atoms with E-state index in [-0.39, 0.29) is 5.56 Å². The molecule has 1 N–H and O–H groups in total. The van der Waals surface area contributed by atoms with E-state index in [4.69, 9.17) is 0 Å². The van der Waals surface area contributed by atoms with Crippen molar-refractivity contribution in [3.05, 3.63) is 39.7 Å². The van der Waals surface area contributed by atoms with E-state index in [0.717, 1.165) is 18.2 Å². The molecule has 0 bridgehead atoms. The molecule has 0 saturated heterocycles. The highest BCUT2D eigenvalue weighted by molar-refractivity contribution is 9.09. The van der Waals surface area contributed by atoms with Gasteiger partial charge in [0.15, 0.2) is 0 Å². The summed E-state index contributed by atoms with van der Waals surface area (Å²) in [5.74, 6) is -1.34. The van der Waals surface area contributed by atoms with E-state index in [1.165, 1.54) is 0 Å². The lowest BCUT2D eigenvalue weighted by molar-refractivity contribution is -0.385. The third-order valence-corrected chi connectivity index (χ3v) is 2.97. The second kappa shape index (κ2) is 6.10. The molecule has 0 heterocycles. The molecule has 0 aliphatic heterocycles. The summed E-state index contributed by atoms with van der Waals surface area (Å²) >= 11 is 3.26. The fraction of sp³-hybridized carbons (Fsp3) is 0.417. The number of alkyl halides is 1. The van der Waals surface area contributed by atoms with Crippen molar-refractivity contribution in [1.82, 2.24) is 5.32 Å². The Kier molecular flexibility index (Phi) is 4.99. The van der Waals surface area contributed by atoms with Gasteiger partial charge in [0.25, 0.3) is 11.6 Å². The lowest BCUT2D eigenvalue weighted by Gasteiger charge is -2.25. The number of carbonyl (C=O) groups is 1. The number of hydrogen-bond donors (Lipinski definition) is 1. The molecule has 1 amide bonds. The molecule has 19 heavy (non-hydrogen) atoms. The minimum atomic E-state index is -0.703. The first-order valence-electron chi connectivity index (χ1n) is 5.59. The van der Waals surface area contributed by atoms with Crippen LogP contribution in [0.25, 0.3) is 0 Å². The van der Waals surface area contributed by atoms with E-state index < -0.39 is 27.9 Å². The predicted octanol–water partition coefficient (Wildman–Crippen LogP) is 3.03. The number of carbonyl (C=O) groups excluding carboxylic acids is 1. The summed E-state index contributed by atoms with van der Waals surface area (Å²) in [6.45, 7) is 3.58. The molecule has 1 aromatic carbocycles. The zero-order chi connectivity index (χ0) is 14.6. The number of nitro benzene ring substituents is 1. The molecule has 0 aromatic heterocycles. The number of nitro groups is 1. The Balaban J connectivity index is 3.05. The molecule has 0 radical (unpaired) electrons. The van der Waals surface area contributed by atoms with Crippen LogP contribution < -0.4 is 5.32 Å². The Bertz CT molecular complexity index is 506. The third-order valence-electron chi connectivity index (χ3n) is 2.57. The highest BCUT2D eigenvalue weighted by Gasteiger charge is 2.26. The van der Waals surface area contributed by atoms with Gasteiger partial charge < -0.3 is 5.32 Å². The number of amides is 1. The number of nitrogens with zero attached hydrogens (tertiary/aromatic N) is 1. The molecule has 0 fully saturated rings. The first-order valence-corrected chi connectivity index (χ1v) is 6.71. The van der Waals surface area contributed by atoms with Crippen molar-refractivity contribution >= 4 is 27.5 Å². The Morgan fingerprint density at radius 1 is 1.53 bits per heavy atom. The molecule has 1 rings (SSSR count). The van der Waals surface area contributed by atoms with Gasteiger partial charge in [-0.15, -0.1) is 0 Å². The minimum absolute atomic E-state index is 0.271. The van der Waals surface area contributed by atoms with E-state index >= 15 is 0 Å². The normalized spacial score (nSPS) is 11.2. The summed E-state index contributed by atoms with van der Waals surface area (Å²) in [7, 11) is 0. The van der Waals surface area contributed by atoms with Crippen LogP contribution in [0, 0.1) is 15.9 Å². The zero-order valence-corrected chi connectivity index (χ0v) is 12.2. The summed E-state index contributed by atoms with van der Waals surface area (Å²) in [4.78, 5) is 22.1. The van der Waals surface area contributed by atoms with Gasteiger partial charge in [-0.1, -0.05) is 15.9 Å². The molecule has 5 nitrogen and oxygen atoms in total. The maximum Gasteiger partial charge on any atom is 0.282 e. The molecule has 0 aliphatic carbocycles. The zero-order valence-electron chi connectivity index (χ0n) is 10.6. The average Bonchev–Trinajstić information content (AvgIpc) is 2.27. The van der Waals surface area contributed by atoms with Gasteiger partial charge in [-0.25, -0.2) is 4.39 Å². The van der Waals surface area contributed by atoms with Gasteiger partial charge in [0, 0.05) is 16.9 Å². The number of benzene rings is 1. The van der Waals surface area contributed by atoms with E-state index in [0.29, 0.717) is 11.8 Å². The van der Waals surface area contributed by atoms with Crippen LogP contribution in [0.4, 0.5) is 10.1 Å². The summed E-state index contributed by atoms with van der Waals surface area (Å²) in [6, 6.07) is 2.82. The van der Waals surface area contributed by atoms with E-state index in [1.807, 2.05) is 0 Å². The number of nitrogens with one attached hydrogen (secondary N) is 1. The standard InChI is InChI=1S/C12H14BrFN2O3/c1-12(2,5-6-13)15-11(17)9-7-8(14)3-4-10(9)16(18)19/h3-4,7H,5-6H2,1-2H3,(H,15,17). The first-order chi connectivity index (χ1) is 8.76. The average molecular weight is 333 g/mol. The number of hydrogen-bond acceptors (Lipinski definition) is 3. The lowest BCUT2D eigenvalue weighted by Crippen LogP contribution is -2.43. The quantitative estimate of drug-likeness (QED) is 0.511. The first kappa shape index (κ1) is 15.6. The Labute approximate surface area is 118 Å². The van der Waals surface area contributed by atoms with Crippen molar-refractivity contribution < 1.29 is 14.1 Å².